The Kier molecular flexibility index (Phi) is 8.75. The Morgan fingerprint density at radius 3 is 2.05 bits per heavy atom. The van der Waals surface area contributed by atoms with Gasteiger partial charge in [0.1, 0.15) is 18.2 Å². The fourth-order valence-corrected chi connectivity index (χ4v) is 4.05. The van der Waals surface area contributed by atoms with Crippen LogP contribution in [0.4, 0.5) is 9.59 Å². The topological polar surface area (TPSA) is 143 Å². The molecule has 11 nitrogen and oxygen atoms in total. The van der Waals surface area contributed by atoms with Crippen molar-refractivity contribution in [3.05, 3.63) is 108 Å². The Labute approximate surface area is 230 Å². The van der Waals surface area contributed by atoms with Crippen LogP contribution in [0.2, 0.25) is 0 Å². The van der Waals surface area contributed by atoms with Crippen molar-refractivity contribution in [1.82, 2.24) is 21.1 Å². The van der Waals surface area contributed by atoms with Gasteiger partial charge >= 0.3 is 18.1 Å². The summed E-state index contributed by atoms with van der Waals surface area (Å²) in [5, 5.41) is 5.59. The second kappa shape index (κ2) is 12.6. The molecule has 1 aliphatic rings. The number of carbonyl (C=O) groups excluding carboxylic acids is 5. The molecule has 1 heterocycles. The van der Waals surface area contributed by atoms with Gasteiger partial charge in [0, 0.05) is 6.42 Å². The van der Waals surface area contributed by atoms with Crippen LogP contribution in [0.15, 0.2) is 91.0 Å². The Morgan fingerprint density at radius 1 is 0.850 bits per heavy atom. The highest BCUT2D eigenvalue weighted by Crippen LogP contribution is 2.27. The summed E-state index contributed by atoms with van der Waals surface area (Å²) >= 11 is 0. The number of alkyl carbamates (subject to hydrolysis) is 1. The zero-order valence-corrected chi connectivity index (χ0v) is 21.7. The van der Waals surface area contributed by atoms with Gasteiger partial charge in [-0.05, 0) is 23.6 Å². The molecule has 0 bridgehead atoms. The van der Waals surface area contributed by atoms with Crippen molar-refractivity contribution in [2.45, 2.75) is 31.5 Å². The molecule has 0 spiro atoms. The van der Waals surface area contributed by atoms with E-state index < -0.39 is 48.1 Å². The van der Waals surface area contributed by atoms with Crippen LogP contribution < -0.4 is 16.1 Å². The van der Waals surface area contributed by atoms with Crippen LogP contribution in [0.3, 0.4) is 0 Å². The van der Waals surface area contributed by atoms with Gasteiger partial charge in [0.25, 0.3) is 11.8 Å². The second-order valence-electron chi connectivity index (χ2n) is 9.15. The van der Waals surface area contributed by atoms with Crippen LogP contribution in [-0.4, -0.2) is 47.6 Å². The summed E-state index contributed by atoms with van der Waals surface area (Å²) in [4.78, 5) is 63.3. The number of nitrogens with zero attached hydrogens (tertiary/aromatic N) is 1. The number of hydrogen-bond acceptors (Lipinski definition) is 7. The van der Waals surface area contributed by atoms with E-state index in [1.807, 2.05) is 6.07 Å². The van der Waals surface area contributed by atoms with Crippen molar-refractivity contribution in [3.8, 4) is 0 Å². The van der Waals surface area contributed by atoms with Gasteiger partial charge < -0.3 is 20.1 Å². The Bertz CT molecular complexity index is 1370. The van der Waals surface area contributed by atoms with Gasteiger partial charge in [-0.1, -0.05) is 91.0 Å². The van der Waals surface area contributed by atoms with Gasteiger partial charge in [-0.25, -0.2) is 14.4 Å². The predicted octanol–water partition coefficient (Wildman–Crippen LogP) is 2.57. The Hall–Kier alpha value is -5.19. The highest BCUT2D eigenvalue weighted by atomic mass is 16.6. The summed E-state index contributed by atoms with van der Waals surface area (Å²) in [6.07, 6.45) is -0.768. The molecule has 0 radical (unpaired) electrons. The van der Waals surface area contributed by atoms with Crippen LogP contribution in [0, 0.1) is 0 Å². The molecule has 0 aromatic heterocycles. The minimum atomic E-state index is -1.38. The van der Waals surface area contributed by atoms with E-state index in [0.29, 0.717) is 10.6 Å². The number of urea groups is 1. The van der Waals surface area contributed by atoms with E-state index in [2.05, 4.69) is 16.1 Å². The van der Waals surface area contributed by atoms with Crippen LogP contribution in [0.1, 0.15) is 23.6 Å². The highest BCUT2D eigenvalue weighted by Gasteiger charge is 2.50. The third kappa shape index (κ3) is 6.81. The second-order valence-corrected chi connectivity index (χ2v) is 9.15. The molecule has 3 aromatic rings. The largest absolute Gasteiger partial charge is 0.454 e. The first-order chi connectivity index (χ1) is 19.3. The van der Waals surface area contributed by atoms with Crippen molar-refractivity contribution in [2.75, 3.05) is 6.61 Å². The lowest BCUT2D eigenvalue weighted by Gasteiger charge is -2.22. The van der Waals surface area contributed by atoms with Crippen molar-refractivity contribution >= 4 is 29.9 Å². The molecule has 4 rings (SSSR count). The Balaban J connectivity index is 1.35. The first-order valence-corrected chi connectivity index (χ1v) is 12.5. The van der Waals surface area contributed by atoms with E-state index in [4.69, 9.17) is 9.47 Å². The molecule has 206 valence electrons. The van der Waals surface area contributed by atoms with E-state index in [1.165, 1.54) is 6.92 Å². The lowest BCUT2D eigenvalue weighted by Crippen LogP contribution is -2.50. The van der Waals surface area contributed by atoms with E-state index >= 15 is 0 Å². The molecule has 11 heteroatoms. The van der Waals surface area contributed by atoms with Gasteiger partial charge in [-0.2, -0.15) is 5.01 Å². The minimum Gasteiger partial charge on any atom is -0.454 e. The average molecular weight is 545 g/mol. The number of ether oxygens (including phenoxy) is 2. The van der Waals surface area contributed by atoms with Crippen LogP contribution in [-0.2, 0) is 42.4 Å². The molecular formula is C29H28N4O7. The zero-order chi connectivity index (χ0) is 28.5. The predicted molar refractivity (Wildman–Crippen MR) is 142 cm³/mol. The van der Waals surface area contributed by atoms with E-state index in [-0.39, 0.29) is 13.0 Å². The molecule has 40 heavy (non-hydrogen) atoms. The van der Waals surface area contributed by atoms with Gasteiger partial charge in [0.2, 0.25) is 0 Å². The van der Waals surface area contributed by atoms with Crippen molar-refractivity contribution in [1.29, 1.82) is 0 Å². The van der Waals surface area contributed by atoms with Crippen LogP contribution in [0.25, 0.3) is 0 Å². The molecule has 0 saturated carbocycles. The molecule has 1 fully saturated rings. The molecule has 2 unspecified atom stereocenters. The van der Waals surface area contributed by atoms with E-state index in [9.17, 15) is 24.0 Å². The molecular weight excluding hydrogens is 516 g/mol. The van der Waals surface area contributed by atoms with E-state index in [1.54, 1.807) is 84.9 Å². The summed E-state index contributed by atoms with van der Waals surface area (Å²) in [7, 11) is 0. The van der Waals surface area contributed by atoms with Gasteiger partial charge in [-0.3, -0.25) is 15.0 Å². The number of rotatable bonds is 10. The van der Waals surface area contributed by atoms with Crippen LogP contribution >= 0.6 is 0 Å². The smallest absolute Gasteiger partial charge is 0.408 e. The molecule has 3 aromatic carbocycles. The average Bonchev–Trinajstić information content (AvgIpc) is 3.19. The summed E-state index contributed by atoms with van der Waals surface area (Å²) in [6, 6.07) is 24.5. The number of benzene rings is 3. The SMILES string of the molecule is CC1(c2ccccc2)NC(=O)N(NC(=O)COC(=O)C(Cc2ccccc2)NC(=O)OCc2ccccc2)C1=O. The van der Waals surface area contributed by atoms with Gasteiger partial charge in [-0.15, -0.1) is 0 Å². The van der Waals surface area contributed by atoms with Crippen molar-refractivity contribution in [2.24, 2.45) is 0 Å². The van der Waals surface area contributed by atoms with Crippen LogP contribution in [0.5, 0.6) is 0 Å². The first kappa shape index (κ1) is 27.8. The standard InChI is InChI=1S/C29H28N4O7/c1-29(22-15-9-4-10-16-22)26(36)33(27(37)31-29)32-24(34)19-39-25(35)23(17-20-11-5-2-6-12-20)30-28(38)40-18-21-13-7-3-8-14-21/h2-16,23H,17-19H2,1H3,(H,30,38)(H,31,37)(H,32,34). The number of esters is 1. The fourth-order valence-electron chi connectivity index (χ4n) is 4.05. The minimum absolute atomic E-state index is 0.00396. The quantitative estimate of drug-likeness (QED) is 0.263. The van der Waals surface area contributed by atoms with Gasteiger partial charge in [0.15, 0.2) is 6.61 Å². The lowest BCUT2D eigenvalue weighted by atomic mass is 9.92. The normalized spacial score (nSPS) is 17.0. The monoisotopic (exact) mass is 544 g/mol. The Morgan fingerprint density at radius 2 is 1.43 bits per heavy atom. The fraction of sp³-hybridized carbons (Fsp3) is 0.207. The molecule has 1 aliphatic heterocycles. The summed E-state index contributed by atoms with van der Waals surface area (Å²) in [5.74, 6) is -2.52. The third-order valence-electron chi connectivity index (χ3n) is 6.20. The molecule has 1 saturated heterocycles. The number of nitrogens with one attached hydrogen (secondary N) is 3. The lowest BCUT2D eigenvalue weighted by molar-refractivity contribution is -0.152. The van der Waals surface area contributed by atoms with E-state index in [0.717, 1.165) is 11.1 Å². The highest BCUT2D eigenvalue weighted by molar-refractivity contribution is 6.08. The molecule has 0 aliphatic carbocycles. The zero-order valence-electron chi connectivity index (χ0n) is 21.7. The molecule has 3 N–H and O–H groups in total. The maximum Gasteiger partial charge on any atom is 0.408 e. The molecule has 2 atom stereocenters. The first-order valence-electron chi connectivity index (χ1n) is 12.5. The van der Waals surface area contributed by atoms with Crippen molar-refractivity contribution < 1.29 is 33.4 Å². The van der Waals surface area contributed by atoms with Gasteiger partial charge in [0.05, 0.1) is 0 Å². The van der Waals surface area contributed by atoms with Crippen molar-refractivity contribution in [3.63, 3.8) is 0 Å². The number of imide groups is 1. The molecule has 5 amide bonds. The summed E-state index contributed by atoms with van der Waals surface area (Å²) < 4.78 is 10.3. The number of carbonyl (C=O) groups is 5. The maximum atomic E-state index is 13.0. The maximum absolute atomic E-state index is 13.0. The number of hydrazine groups is 1. The number of amides is 5. The third-order valence-corrected chi connectivity index (χ3v) is 6.20. The summed E-state index contributed by atoms with van der Waals surface area (Å²) in [5.41, 5.74) is 2.82. The summed E-state index contributed by atoms with van der Waals surface area (Å²) in [6.45, 7) is 0.714. The number of hydrogen-bond donors (Lipinski definition) is 3.